The van der Waals surface area contributed by atoms with Crippen LogP contribution in [0.5, 0.6) is 0 Å². The summed E-state index contributed by atoms with van der Waals surface area (Å²) in [5.41, 5.74) is 6.96. The van der Waals surface area contributed by atoms with Crippen molar-refractivity contribution in [1.82, 2.24) is 4.98 Å². The topological polar surface area (TPSA) is 111 Å². The fourth-order valence-electron chi connectivity index (χ4n) is 1.37. The average molecular weight is 264 g/mol. The molecule has 6 nitrogen and oxygen atoms in total. The quantitative estimate of drug-likeness (QED) is 0.767. The van der Waals surface area contributed by atoms with Crippen LogP contribution in [0.4, 0.5) is 17.2 Å². The highest BCUT2D eigenvalue weighted by Crippen LogP contribution is 2.18. The van der Waals surface area contributed by atoms with Gasteiger partial charge < -0.3 is 11.1 Å². The Balaban J connectivity index is 2.18. The van der Waals surface area contributed by atoms with Crippen LogP contribution in [0.2, 0.25) is 0 Å². The summed E-state index contributed by atoms with van der Waals surface area (Å²) in [5, 5.41) is 8.06. The molecule has 7 heteroatoms. The molecular formula is C11H12N4O2S. The summed E-state index contributed by atoms with van der Waals surface area (Å²) in [5.74, 6) is 0.435. The Morgan fingerprint density at radius 1 is 1.00 bits per heavy atom. The normalized spacial score (nSPS) is 11.2. The second kappa shape index (κ2) is 4.63. The smallest absolute Gasteiger partial charge is 0.238 e. The molecule has 0 bridgehead atoms. The molecule has 0 spiro atoms. The number of primary sulfonamides is 1. The molecule has 0 fully saturated rings. The summed E-state index contributed by atoms with van der Waals surface area (Å²) in [6.07, 6.45) is 1.59. The second-order valence-corrected chi connectivity index (χ2v) is 5.23. The summed E-state index contributed by atoms with van der Waals surface area (Å²) in [4.78, 5) is 4.00. The van der Waals surface area contributed by atoms with Crippen molar-refractivity contribution in [3.8, 4) is 0 Å². The molecule has 0 aliphatic heterocycles. The van der Waals surface area contributed by atoms with Crippen molar-refractivity contribution in [2.75, 3.05) is 11.1 Å². The van der Waals surface area contributed by atoms with E-state index >= 15 is 0 Å². The van der Waals surface area contributed by atoms with Gasteiger partial charge in [-0.1, -0.05) is 0 Å². The first-order valence-corrected chi connectivity index (χ1v) is 6.61. The van der Waals surface area contributed by atoms with Crippen LogP contribution in [0.25, 0.3) is 0 Å². The van der Waals surface area contributed by atoms with Crippen LogP contribution >= 0.6 is 0 Å². The highest BCUT2D eigenvalue weighted by atomic mass is 32.2. The van der Waals surface area contributed by atoms with Crippen LogP contribution in [0, 0.1) is 0 Å². The van der Waals surface area contributed by atoms with Gasteiger partial charge in [0.1, 0.15) is 5.82 Å². The molecule has 1 aromatic heterocycles. The second-order valence-electron chi connectivity index (χ2n) is 3.67. The van der Waals surface area contributed by atoms with Crippen molar-refractivity contribution >= 4 is 27.2 Å². The SMILES string of the molecule is Nc1ccc(Nc2ccc(S(N)(=O)=O)cc2)cn1. The molecule has 0 aliphatic carbocycles. The monoisotopic (exact) mass is 264 g/mol. The van der Waals surface area contributed by atoms with Gasteiger partial charge in [0, 0.05) is 5.69 Å². The number of nitrogens with one attached hydrogen (secondary N) is 1. The third-order valence-corrected chi connectivity index (χ3v) is 3.19. The lowest BCUT2D eigenvalue weighted by atomic mass is 10.3. The van der Waals surface area contributed by atoms with Crippen LogP contribution in [0.3, 0.4) is 0 Å². The van der Waals surface area contributed by atoms with Crippen LogP contribution < -0.4 is 16.2 Å². The zero-order valence-corrected chi connectivity index (χ0v) is 10.2. The van der Waals surface area contributed by atoms with Gasteiger partial charge in [0.25, 0.3) is 0 Å². The molecule has 0 amide bonds. The van der Waals surface area contributed by atoms with Crippen molar-refractivity contribution in [1.29, 1.82) is 0 Å². The Morgan fingerprint density at radius 2 is 1.61 bits per heavy atom. The third-order valence-electron chi connectivity index (χ3n) is 2.26. The van der Waals surface area contributed by atoms with Crippen LogP contribution in [0.15, 0.2) is 47.5 Å². The first-order valence-electron chi connectivity index (χ1n) is 5.06. The lowest BCUT2D eigenvalue weighted by Gasteiger charge is -2.06. The largest absolute Gasteiger partial charge is 0.384 e. The van der Waals surface area contributed by atoms with Gasteiger partial charge >= 0.3 is 0 Å². The fraction of sp³-hybridized carbons (Fsp3) is 0. The first-order chi connectivity index (χ1) is 8.45. The fourth-order valence-corrected chi connectivity index (χ4v) is 1.89. The van der Waals surface area contributed by atoms with Crippen LogP contribution in [-0.2, 0) is 10.0 Å². The molecule has 5 N–H and O–H groups in total. The number of aromatic nitrogens is 1. The van der Waals surface area contributed by atoms with E-state index in [9.17, 15) is 8.42 Å². The predicted octanol–water partition coefficient (Wildman–Crippen LogP) is 1.05. The van der Waals surface area contributed by atoms with Crippen LogP contribution in [-0.4, -0.2) is 13.4 Å². The number of hydrogen-bond acceptors (Lipinski definition) is 5. The number of nitrogens with two attached hydrogens (primary N) is 2. The van der Waals surface area contributed by atoms with Crippen molar-refractivity contribution in [3.63, 3.8) is 0 Å². The Morgan fingerprint density at radius 3 is 2.11 bits per heavy atom. The van der Waals surface area contributed by atoms with Crippen molar-refractivity contribution in [2.45, 2.75) is 4.90 Å². The van der Waals surface area contributed by atoms with Crippen LogP contribution in [0.1, 0.15) is 0 Å². The molecule has 94 valence electrons. The summed E-state index contributed by atoms with van der Waals surface area (Å²) in [6.45, 7) is 0. The van der Waals surface area contributed by atoms with Gasteiger partial charge in [0.15, 0.2) is 0 Å². The molecule has 0 radical (unpaired) electrons. The van der Waals surface area contributed by atoms with E-state index in [0.29, 0.717) is 5.82 Å². The maximum atomic E-state index is 11.1. The number of benzene rings is 1. The average Bonchev–Trinajstić information content (AvgIpc) is 2.32. The van der Waals surface area contributed by atoms with Crippen molar-refractivity contribution in [3.05, 3.63) is 42.6 Å². The van der Waals surface area contributed by atoms with E-state index in [2.05, 4.69) is 10.3 Å². The standard InChI is InChI=1S/C11H12N4O2S/c12-11-6-3-9(7-14-11)15-8-1-4-10(5-2-8)18(13,16)17/h1-7,15H,(H2,12,14)(H2,13,16,17). The Bertz CT molecular complexity index is 636. The number of hydrogen-bond donors (Lipinski definition) is 3. The van der Waals surface area contributed by atoms with E-state index in [1.54, 1.807) is 30.5 Å². The first kappa shape index (κ1) is 12.3. The molecule has 2 aromatic rings. The highest BCUT2D eigenvalue weighted by molar-refractivity contribution is 7.89. The predicted molar refractivity (Wildman–Crippen MR) is 69.7 cm³/mol. The molecule has 2 rings (SSSR count). The van der Waals surface area contributed by atoms with Gasteiger partial charge in [-0.2, -0.15) is 0 Å². The van der Waals surface area contributed by atoms with Crippen molar-refractivity contribution < 1.29 is 8.42 Å². The minimum absolute atomic E-state index is 0.0727. The molecule has 1 aromatic carbocycles. The highest BCUT2D eigenvalue weighted by Gasteiger charge is 2.06. The van der Waals surface area contributed by atoms with Gasteiger partial charge in [0.05, 0.1) is 16.8 Å². The zero-order valence-electron chi connectivity index (χ0n) is 9.37. The summed E-state index contributed by atoms with van der Waals surface area (Å²) in [7, 11) is -3.65. The number of pyridine rings is 1. The molecule has 18 heavy (non-hydrogen) atoms. The van der Waals surface area contributed by atoms with E-state index in [1.807, 2.05) is 0 Å². The van der Waals surface area contributed by atoms with E-state index in [4.69, 9.17) is 10.9 Å². The van der Waals surface area contributed by atoms with Gasteiger partial charge in [-0.3, -0.25) is 0 Å². The van der Waals surface area contributed by atoms with Gasteiger partial charge in [-0.15, -0.1) is 0 Å². The minimum Gasteiger partial charge on any atom is -0.384 e. The maximum Gasteiger partial charge on any atom is 0.238 e. The maximum absolute atomic E-state index is 11.1. The molecule has 1 heterocycles. The van der Waals surface area contributed by atoms with Gasteiger partial charge in [-0.05, 0) is 36.4 Å². The van der Waals surface area contributed by atoms with E-state index < -0.39 is 10.0 Å². The molecule has 0 saturated heterocycles. The molecule has 0 atom stereocenters. The third kappa shape index (κ3) is 2.96. The number of sulfonamides is 1. The number of anilines is 3. The Hall–Kier alpha value is -2.12. The molecule has 0 aliphatic rings. The molecule has 0 unspecified atom stereocenters. The van der Waals surface area contributed by atoms with E-state index in [-0.39, 0.29) is 4.90 Å². The number of rotatable bonds is 3. The summed E-state index contributed by atoms with van der Waals surface area (Å²) >= 11 is 0. The zero-order chi connectivity index (χ0) is 13.2. The van der Waals surface area contributed by atoms with Gasteiger partial charge in [-0.25, -0.2) is 18.5 Å². The summed E-state index contributed by atoms with van der Waals surface area (Å²) in [6, 6.07) is 9.55. The van der Waals surface area contributed by atoms with E-state index in [0.717, 1.165) is 11.4 Å². The Kier molecular flexibility index (Phi) is 3.17. The summed E-state index contributed by atoms with van der Waals surface area (Å²) < 4.78 is 22.1. The lowest BCUT2D eigenvalue weighted by Crippen LogP contribution is -2.11. The number of nitrogens with zero attached hydrogens (tertiary/aromatic N) is 1. The van der Waals surface area contributed by atoms with E-state index in [1.165, 1.54) is 12.1 Å². The molecule has 0 saturated carbocycles. The van der Waals surface area contributed by atoms with Crippen molar-refractivity contribution in [2.24, 2.45) is 5.14 Å². The molecular weight excluding hydrogens is 252 g/mol. The number of nitrogen functional groups attached to an aromatic ring is 1. The minimum atomic E-state index is -3.65. The lowest BCUT2D eigenvalue weighted by molar-refractivity contribution is 0.598. The Labute approximate surface area is 105 Å². The van der Waals surface area contributed by atoms with Gasteiger partial charge in [0.2, 0.25) is 10.0 Å².